The molecule has 2 aromatic carbocycles. The van der Waals surface area contributed by atoms with Crippen LogP contribution in [0.4, 0.5) is 5.69 Å². The van der Waals surface area contributed by atoms with Gasteiger partial charge in [0.05, 0.1) is 5.56 Å². The Morgan fingerprint density at radius 2 is 1.59 bits per heavy atom. The van der Waals surface area contributed by atoms with Gasteiger partial charge in [-0.2, -0.15) is 0 Å². The fourth-order valence-electron chi connectivity index (χ4n) is 1.38. The highest BCUT2D eigenvalue weighted by atomic mass is 127. The van der Waals surface area contributed by atoms with Crippen molar-refractivity contribution in [1.29, 1.82) is 0 Å². The maximum Gasteiger partial charge on any atom is 0.256 e. The van der Waals surface area contributed by atoms with Gasteiger partial charge >= 0.3 is 0 Å². The van der Waals surface area contributed by atoms with Gasteiger partial charge in [-0.1, -0.05) is 12.1 Å². The van der Waals surface area contributed by atoms with Crippen molar-refractivity contribution in [1.82, 2.24) is 0 Å². The molecule has 0 aliphatic rings. The average molecular weight is 449 g/mol. The van der Waals surface area contributed by atoms with E-state index in [4.69, 9.17) is 0 Å². The number of rotatable bonds is 2. The molecule has 0 aliphatic heterocycles. The zero-order chi connectivity index (χ0) is 12.3. The summed E-state index contributed by atoms with van der Waals surface area (Å²) < 4.78 is 2.10. The minimum Gasteiger partial charge on any atom is -0.322 e. The van der Waals surface area contributed by atoms with Gasteiger partial charge in [0.2, 0.25) is 0 Å². The lowest BCUT2D eigenvalue weighted by atomic mass is 10.2. The topological polar surface area (TPSA) is 29.1 Å². The Kier molecular flexibility index (Phi) is 4.38. The third-order valence-electron chi connectivity index (χ3n) is 2.22. The Morgan fingerprint density at radius 3 is 2.24 bits per heavy atom. The van der Waals surface area contributed by atoms with E-state index in [9.17, 15) is 4.79 Å². The van der Waals surface area contributed by atoms with E-state index in [1.54, 1.807) is 0 Å². The van der Waals surface area contributed by atoms with E-state index in [1.165, 1.54) is 0 Å². The first kappa shape index (κ1) is 12.8. The van der Waals surface area contributed by atoms with Gasteiger partial charge in [0.15, 0.2) is 0 Å². The summed E-state index contributed by atoms with van der Waals surface area (Å²) in [5, 5.41) is 2.88. The van der Waals surface area contributed by atoms with Crippen LogP contribution in [0.1, 0.15) is 10.4 Å². The number of carbonyl (C=O) groups excluding carboxylic acids is 1. The fourth-order valence-corrected chi connectivity index (χ4v) is 2.37. The highest BCUT2D eigenvalue weighted by Gasteiger charge is 2.08. The summed E-state index contributed by atoms with van der Waals surface area (Å²) >= 11 is 4.39. The van der Waals surface area contributed by atoms with Gasteiger partial charge in [-0.15, -0.1) is 0 Å². The molecule has 0 bridgehead atoms. The number of benzene rings is 2. The van der Waals surface area contributed by atoms with Crippen molar-refractivity contribution in [3.63, 3.8) is 0 Å². The Balaban J connectivity index is 2.17. The molecule has 0 heterocycles. The molecule has 0 saturated heterocycles. The number of carbonyl (C=O) groups is 1. The van der Waals surface area contributed by atoms with Crippen LogP contribution in [0, 0.1) is 7.14 Å². The van der Waals surface area contributed by atoms with Crippen molar-refractivity contribution < 1.29 is 4.79 Å². The standard InChI is InChI=1S/C13H9I2NO/c14-9-5-7-10(8-6-9)16-13(17)11-3-1-2-4-12(11)15/h1-8H,(H,16,17). The summed E-state index contributed by atoms with van der Waals surface area (Å²) in [7, 11) is 0. The molecule has 0 saturated carbocycles. The summed E-state index contributed by atoms with van der Waals surface area (Å²) in [4.78, 5) is 12.0. The quantitative estimate of drug-likeness (QED) is 0.687. The van der Waals surface area contributed by atoms with Crippen molar-refractivity contribution in [2.45, 2.75) is 0 Å². The van der Waals surface area contributed by atoms with Crippen molar-refractivity contribution >= 4 is 56.8 Å². The van der Waals surface area contributed by atoms with Crippen molar-refractivity contribution in [2.75, 3.05) is 5.32 Å². The molecule has 4 heteroatoms. The Bertz CT molecular complexity index is 537. The van der Waals surface area contributed by atoms with Crippen LogP contribution in [0.25, 0.3) is 0 Å². The molecule has 1 N–H and O–H groups in total. The summed E-state index contributed by atoms with van der Waals surface area (Å²) in [5.74, 6) is -0.0730. The number of nitrogens with one attached hydrogen (secondary N) is 1. The Morgan fingerprint density at radius 1 is 0.941 bits per heavy atom. The van der Waals surface area contributed by atoms with Crippen LogP contribution >= 0.6 is 45.2 Å². The van der Waals surface area contributed by atoms with Crippen LogP contribution in [-0.2, 0) is 0 Å². The molecule has 0 radical (unpaired) electrons. The zero-order valence-corrected chi connectivity index (χ0v) is 13.1. The van der Waals surface area contributed by atoms with E-state index in [0.717, 1.165) is 12.8 Å². The molecule has 2 rings (SSSR count). The number of hydrogen-bond acceptors (Lipinski definition) is 1. The van der Waals surface area contributed by atoms with Gasteiger partial charge in [-0.25, -0.2) is 0 Å². The van der Waals surface area contributed by atoms with Crippen LogP contribution in [0.2, 0.25) is 0 Å². The molecule has 0 atom stereocenters. The molecular formula is C13H9I2NO. The van der Waals surface area contributed by atoms with E-state index in [-0.39, 0.29) is 5.91 Å². The van der Waals surface area contributed by atoms with Gasteiger partial charge in [0.25, 0.3) is 5.91 Å². The number of anilines is 1. The predicted octanol–water partition coefficient (Wildman–Crippen LogP) is 4.15. The lowest BCUT2D eigenvalue weighted by molar-refractivity contribution is 0.102. The second-order valence-electron chi connectivity index (χ2n) is 3.44. The Hall–Kier alpha value is -0.630. The third kappa shape index (κ3) is 3.41. The second kappa shape index (κ2) is 5.81. The summed E-state index contributed by atoms with van der Waals surface area (Å²) in [6, 6.07) is 15.3. The summed E-state index contributed by atoms with van der Waals surface area (Å²) in [6.45, 7) is 0. The monoisotopic (exact) mass is 449 g/mol. The Labute approximate surface area is 127 Å². The fraction of sp³-hybridized carbons (Fsp3) is 0. The van der Waals surface area contributed by atoms with Gasteiger partial charge in [0, 0.05) is 12.8 Å². The molecule has 2 aromatic rings. The number of amides is 1. The van der Waals surface area contributed by atoms with Crippen molar-refractivity contribution in [2.24, 2.45) is 0 Å². The van der Waals surface area contributed by atoms with E-state index in [2.05, 4.69) is 50.5 Å². The first-order valence-corrected chi connectivity index (χ1v) is 7.14. The zero-order valence-electron chi connectivity index (χ0n) is 8.78. The first-order valence-electron chi connectivity index (χ1n) is 4.98. The molecule has 0 aromatic heterocycles. The molecular weight excluding hydrogens is 440 g/mol. The highest BCUT2D eigenvalue weighted by molar-refractivity contribution is 14.1. The number of hydrogen-bond donors (Lipinski definition) is 1. The molecule has 0 spiro atoms. The van der Waals surface area contributed by atoms with E-state index >= 15 is 0 Å². The van der Waals surface area contributed by atoms with E-state index in [1.807, 2.05) is 48.5 Å². The van der Waals surface area contributed by atoms with Gasteiger partial charge in [0.1, 0.15) is 0 Å². The third-order valence-corrected chi connectivity index (χ3v) is 3.88. The molecule has 0 unspecified atom stereocenters. The smallest absolute Gasteiger partial charge is 0.256 e. The average Bonchev–Trinajstić information content (AvgIpc) is 2.32. The highest BCUT2D eigenvalue weighted by Crippen LogP contribution is 2.15. The second-order valence-corrected chi connectivity index (χ2v) is 5.85. The van der Waals surface area contributed by atoms with Crippen LogP contribution in [-0.4, -0.2) is 5.91 Å². The maximum absolute atomic E-state index is 12.0. The van der Waals surface area contributed by atoms with E-state index < -0.39 is 0 Å². The minimum atomic E-state index is -0.0730. The molecule has 86 valence electrons. The molecule has 1 amide bonds. The predicted molar refractivity (Wildman–Crippen MR) is 86.3 cm³/mol. The van der Waals surface area contributed by atoms with Gasteiger partial charge in [-0.05, 0) is 81.6 Å². The van der Waals surface area contributed by atoms with Crippen molar-refractivity contribution in [3.8, 4) is 0 Å². The lowest BCUT2D eigenvalue weighted by Crippen LogP contribution is -2.13. The van der Waals surface area contributed by atoms with E-state index in [0.29, 0.717) is 5.56 Å². The first-order chi connectivity index (χ1) is 8.16. The van der Waals surface area contributed by atoms with Crippen LogP contribution < -0.4 is 5.32 Å². The van der Waals surface area contributed by atoms with Crippen LogP contribution in [0.15, 0.2) is 48.5 Å². The summed E-state index contributed by atoms with van der Waals surface area (Å²) in [5.41, 5.74) is 1.52. The minimum absolute atomic E-state index is 0.0730. The number of halogens is 2. The maximum atomic E-state index is 12.0. The molecule has 0 aliphatic carbocycles. The molecule has 17 heavy (non-hydrogen) atoms. The van der Waals surface area contributed by atoms with Crippen LogP contribution in [0.3, 0.4) is 0 Å². The van der Waals surface area contributed by atoms with Gasteiger partial charge in [-0.3, -0.25) is 4.79 Å². The van der Waals surface area contributed by atoms with Crippen LogP contribution in [0.5, 0.6) is 0 Å². The van der Waals surface area contributed by atoms with Gasteiger partial charge < -0.3 is 5.32 Å². The SMILES string of the molecule is O=C(Nc1ccc(I)cc1)c1ccccc1I. The van der Waals surface area contributed by atoms with Crippen molar-refractivity contribution in [3.05, 3.63) is 61.2 Å². The summed E-state index contributed by atoms with van der Waals surface area (Å²) in [6.07, 6.45) is 0. The molecule has 0 fully saturated rings. The lowest BCUT2D eigenvalue weighted by Gasteiger charge is -2.06. The normalized spacial score (nSPS) is 10.0. The molecule has 2 nitrogen and oxygen atoms in total. The largest absolute Gasteiger partial charge is 0.322 e.